The summed E-state index contributed by atoms with van der Waals surface area (Å²) in [5.41, 5.74) is 1.48. The van der Waals surface area contributed by atoms with Crippen LogP contribution in [0.3, 0.4) is 0 Å². The molecule has 136 valence electrons. The third kappa shape index (κ3) is 4.46. The highest BCUT2D eigenvalue weighted by molar-refractivity contribution is 8.01. The summed E-state index contributed by atoms with van der Waals surface area (Å²) in [5.74, 6) is -0.336. The van der Waals surface area contributed by atoms with Gasteiger partial charge in [-0.25, -0.2) is 0 Å². The molecule has 4 nitrogen and oxygen atoms in total. The van der Waals surface area contributed by atoms with Crippen LogP contribution in [-0.4, -0.2) is 29.0 Å². The van der Waals surface area contributed by atoms with Crippen LogP contribution in [0.1, 0.15) is 12.0 Å². The van der Waals surface area contributed by atoms with Crippen LogP contribution in [0.25, 0.3) is 0 Å². The van der Waals surface area contributed by atoms with Gasteiger partial charge in [-0.05, 0) is 35.9 Å². The molecule has 0 saturated carbocycles. The largest absolute Gasteiger partial charge is 0.341 e. The van der Waals surface area contributed by atoms with E-state index < -0.39 is 5.25 Å². The minimum absolute atomic E-state index is 0.0975. The van der Waals surface area contributed by atoms with E-state index in [1.807, 2.05) is 6.07 Å². The number of amides is 2. The van der Waals surface area contributed by atoms with Gasteiger partial charge >= 0.3 is 0 Å². The Balaban J connectivity index is 1.65. The number of rotatable bonds is 4. The van der Waals surface area contributed by atoms with Crippen molar-refractivity contribution in [2.45, 2.75) is 23.1 Å². The molecule has 2 aromatic rings. The van der Waals surface area contributed by atoms with Gasteiger partial charge in [-0.1, -0.05) is 40.9 Å². The Bertz CT molecular complexity index is 876. The van der Waals surface area contributed by atoms with Crippen molar-refractivity contribution in [2.24, 2.45) is 0 Å². The van der Waals surface area contributed by atoms with Crippen molar-refractivity contribution in [1.82, 2.24) is 4.90 Å². The second-order valence-electron chi connectivity index (χ2n) is 5.93. The maximum atomic E-state index is 12.5. The van der Waals surface area contributed by atoms with Crippen LogP contribution in [-0.2, 0) is 16.1 Å². The number of thioether (sulfide) groups is 1. The van der Waals surface area contributed by atoms with Crippen LogP contribution in [0, 0.1) is 0 Å². The molecule has 0 radical (unpaired) electrons. The lowest BCUT2D eigenvalue weighted by Crippen LogP contribution is -2.35. The number of carbonyl (C=O) groups excluding carboxylic acids is 2. The van der Waals surface area contributed by atoms with E-state index in [2.05, 4.69) is 5.32 Å². The van der Waals surface area contributed by atoms with E-state index in [-0.39, 0.29) is 18.2 Å². The number of halogens is 3. The number of nitrogens with one attached hydrogen (secondary N) is 1. The Morgan fingerprint density at radius 1 is 1.15 bits per heavy atom. The van der Waals surface area contributed by atoms with Crippen LogP contribution in [0.4, 0.5) is 5.69 Å². The third-order valence-electron chi connectivity index (χ3n) is 3.97. The molecule has 0 fully saturated rings. The number of fused-ring (bicyclic) bond motifs is 1. The first-order valence-electron chi connectivity index (χ1n) is 7.78. The number of carbonyl (C=O) groups is 2. The van der Waals surface area contributed by atoms with Gasteiger partial charge in [-0.2, -0.15) is 0 Å². The quantitative estimate of drug-likeness (QED) is 0.735. The predicted molar refractivity (Wildman–Crippen MR) is 107 cm³/mol. The summed E-state index contributed by atoms with van der Waals surface area (Å²) in [6.07, 6.45) is 0.0975. The lowest BCUT2D eigenvalue weighted by atomic mass is 10.2. The zero-order valence-electron chi connectivity index (χ0n) is 13.8. The number of benzene rings is 2. The molecular formula is C18H15Cl3N2O2S. The molecule has 26 heavy (non-hydrogen) atoms. The van der Waals surface area contributed by atoms with Crippen molar-refractivity contribution < 1.29 is 9.59 Å². The molecule has 1 aliphatic heterocycles. The van der Waals surface area contributed by atoms with Crippen molar-refractivity contribution in [1.29, 1.82) is 0 Å². The maximum absolute atomic E-state index is 12.5. The zero-order valence-corrected chi connectivity index (χ0v) is 16.8. The molecule has 0 bridgehead atoms. The molecule has 0 spiro atoms. The summed E-state index contributed by atoms with van der Waals surface area (Å²) >= 11 is 19.4. The van der Waals surface area contributed by atoms with E-state index >= 15 is 0 Å². The first kappa shape index (κ1) is 19.4. The molecule has 1 atom stereocenters. The first-order chi connectivity index (χ1) is 12.3. The average Bonchev–Trinajstić information content (AvgIpc) is 2.58. The van der Waals surface area contributed by atoms with Crippen molar-refractivity contribution in [3.05, 3.63) is 57.0 Å². The van der Waals surface area contributed by atoms with E-state index in [1.54, 1.807) is 42.3 Å². The van der Waals surface area contributed by atoms with Gasteiger partial charge in [0.05, 0.1) is 10.9 Å². The molecule has 1 aliphatic rings. The minimum Gasteiger partial charge on any atom is -0.341 e. The van der Waals surface area contributed by atoms with Crippen molar-refractivity contribution in [2.75, 3.05) is 12.4 Å². The van der Waals surface area contributed by atoms with Gasteiger partial charge in [0.2, 0.25) is 11.8 Å². The molecule has 1 N–H and O–H groups in total. The van der Waals surface area contributed by atoms with Gasteiger partial charge in [0.1, 0.15) is 0 Å². The normalized spacial score (nSPS) is 16.0. The topological polar surface area (TPSA) is 49.4 Å². The summed E-state index contributed by atoms with van der Waals surface area (Å²) in [6.45, 7) is 0.347. The van der Waals surface area contributed by atoms with E-state index in [0.29, 0.717) is 27.3 Å². The molecule has 8 heteroatoms. The monoisotopic (exact) mass is 428 g/mol. The Morgan fingerprint density at radius 2 is 1.85 bits per heavy atom. The van der Waals surface area contributed by atoms with E-state index in [1.165, 1.54) is 11.8 Å². The third-order valence-corrected chi connectivity index (χ3v) is 6.07. The summed E-state index contributed by atoms with van der Waals surface area (Å²) < 4.78 is 0. The smallest absolute Gasteiger partial charge is 0.238 e. The molecule has 0 aliphatic carbocycles. The Labute approximate surface area is 170 Å². The number of anilines is 1. The van der Waals surface area contributed by atoms with Crippen molar-refractivity contribution in [3.63, 3.8) is 0 Å². The summed E-state index contributed by atoms with van der Waals surface area (Å²) in [5, 5.41) is 3.93. The average molecular weight is 430 g/mol. The highest BCUT2D eigenvalue weighted by Crippen LogP contribution is 2.38. The molecule has 1 heterocycles. The SMILES string of the molecule is CN(Cc1ccc(Cl)cc1Cl)C(=O)CC1Sc2ccc(Cl)cc2NC1=O. The maximum Gasteiger partial charge on any atom is 0.238 e. The van der Waals surface area contributed by atoms with Crippen LogP contribution >= 0.6 is 46.6 Å². The fourth-order valence-electron chi connectivity index (χ4n) is 2.57. The first-order valence-corrected chi connectivity index (χ1v) is 9.80. The molecule has 0 aromatic heterocycles. The number of nitrogens with zero attached hydrogens (tertiary/aromatic N) is 1. The van der Waals surface area contributed by atoms with Gasteiger partial charge in [0, 0.05) is 40.0 Å². The summed E-state index contributed by atoms with van der Waals surface area (Å²) in [6, 6.07) is 10.5. The Hall–Kier alpha value is -1.40. The van der Waals surface area contributed by atoms with Crippen molar-refractivity contribution >= 4 is 64.1 Å². The van der Waals surface area contributed by atoms with Crippen LogP contribution in [0.2, 0.25) is 15.1 Å². The molecular weight excluding hydrogens is 415 g/mol. The van der Waals surface area contributed by atoms with Crippen LogP contribution < -0.4 is 5.32 Å². The second kappa shape index (κ2) is 8.09. The Morgan fingerprint density at radius 3 is 2.58 bits per heavy atom. The van der Waals surface area contributed by atoms with E-state index in [9.17, 15) is 9.59 Å². The van der Waals surface area contributed by atoms with Gasteiger partial charge < -0.3 is 10.2 Å². The van der Waals surface area contributed by atoms with Gasteiger partial charge in [0.25, 0.3) is 0 Å². The molecule has 2 amide bonds. The second-order valence-corrected chi connectivity index (χ2v) is 8.45. The van der Waals surface area contributed by atoms with Crippen molar-refractivity contribution in [3.8, 4) is 0 Å². The lowest BCUT2D eigenvalue weighted by Gasteiger charge is -2.26. The fraction of sp³-hybridized carbons (Fsp3) is 0.222. The van der Waals surface area contributed by atoms with Crippen LogP contribution in [0.5, 0.6) is 0 Å². The Kier molecular flexibility index (Phi) is 6.03. The molecule has 2 aromatic carbocycles. The van der Waals surface area contributed by atoms with E-state index in [0.717, 1.165) is 10.5 Å². The zero-order chi connectivity index (χ0) is 18.8. The van der Waals surface area contributed by atoms with Gasteiger partial charge in [0.15, 0.2) is 0 Å². The highest BCUT2D eigenvalue weighted by Gasteiger charge is 2.30. The highest BCUT2D eigenvalue weighted by atomic mass is 35.5. The predicted octanol–water partition coefficient (Wildman–Crippen LogP) is 5.11. The molecule has 0 saturated heterocycles. The number of hydrogen-bond donors (Lipinski definition) is 1. The molecule has 1 unspecified atom stereocenters. The standard InChI is InChI=1S/C18H15Cl3N2O2S/c1-23(9-10-2-3-11(19)6-13(10)21)17(24)8-16-18(25)22-14-7-12(20)4-5-15(14)26-16/h2-7,16H,8-9H2,1H3,(H,22,25). The number of hydrogen-bond acceptors (Lipinski definition) is 3. The van der Waals surface area contributed by atoms with Crippen LogP contribution in [0.15, 0.2) is 41.3 Å². The summed E-state index contributed by atoms with van der Waals surface area (Å²) in [4.78, 5) is 27.3. The van der Waals surface area contributed by atoms with Gasteiger partial charge in [-0.15, -0.1) is 11.8 Å². The lowest BCUT2D eigenvalue weighted by molar-refractivity contribution is -0.131. The van der Waals surface area contributed by atoms with E-state index in [4.69, 9.17) is 34.8 Å². The minimum atomic E-state index is -0.487. The fourth-order valence-corrected chi connectivity index (χ4v) is 4.29. The van der Waals surface area contributed by atoms with Gasteiger partial charge in [-0.3, -0.25) is 9.59 Å². The molecule has 3 rings (SSSR count). The summed E-state index contributed by atoms with van der Waals surface area (Å²) in [7, 11) is 1.69.